The third-order valence-corrected chi connectivity index (χ3v) is 6.78. The zero-order valence-electron chi connectivity index (χ0n) is 20.3. The SMILES string of the molecule is CCOc1ccccc1N(CC(=O)N/N=C(/C)c1cccc(NC(C)=O)c1)S(=O)(=O)c1ccccc1. The number of para-hydroxylation sites is 2. The van der Waals surface area contributed by atoms with Gasteiger partial charge in [0.1, 0.15) is 12.3 Å². The molecule has 0 aliphatic rings. The zero-order valence-corrected chi connectivity index (χ0v) is 21.1. The molecule has 3 aromatic rings. The van der Waals surface area contributed by atoms with Crippen LogP contribution in [0, 0.1) is 0 Å². The van der Waals surface area contributed by atoms with Gasteiger partial charge in [-0.3, -0.25) is 13.9 Å². The van der Waals surface area contributed by atoms with Gasteiger partial charge < -0.3 is 10.1 Å². The lowest BCUT2D eigenvalue weighted by atomic mass is 10.1. The highest BCUT2D eigenvalue weighted by Crippen LogP contribution is 2.32. The van der Waals surface area contributed by atoms with E-state index in [2.05, 4.69) is 15.8 Å². The fraction of sp³-hybridized carbons (Fsp3) is 0.192. The summed E-state index contributed by atoms with van der Waals surface area (Å²) in [4.78, 5) is 24.3. The van der Waals surface area contributed by atoms with Gasteiger partial charge in [0.15, 0.2) is 0 Å². The smallest absolute Gasteiger partial charge is 0.264 e. The van der Waals surface area contributed by atoms with E-state index in [1.54, 1.807) is 80.6 Å². The highest BCUT2D eigenvalue weighted by atomic mass is 32.2. The van der Waals surface area contributed by atoms with Crippen molar-refractivity contribution in [2.45, 2.75) is 25.7 Å². The predicted octanol–water partition coefficient (Wildman–Crippen LogP) is 3.78. The average molecular weight is 509 g/mol. The molecule has 3 aromatic carbocycles. The van der Waals surface area contributed by atoms with Crippen molar-refractivity contribution in [2.75, 3.05) is 22.8 Å². The Morgan fingerprint density at radius 3 is 2.33 bits per heavy atom. The molecule has 0 aliphatic heterocycles. The topological polar surface area (TPSA) is 117 Å². The van der Waals surface area contributed by atoms with Crippen LogP contribution >= 0.6 is 0 Å². The summed E-state index contributed by atoms with van der Waals surface area (Å²) < 4.78 is 33.7. The van der Waals surface area contributed by atoms with E-state index in [4.69, 9.17) is 4.74 Å². The second-order valence-electron chi connectivity index (χ2n) is 7.72. The Labute approximate surface area is 210 Å². The first-order valence-corrected chi connectivity index (χ1v) is 12.7. The van der Waals surface area contributed by atoms with E-state index in [1.807, 2.05) is 0 Å². The van der Waals surface area contributed by atoms with E-state index in [-0.39, 0.29) is 16.5 Å². The van der Waals surface area contributed by atoms with Crippen molar-refractivity contribution in [1.82, 2.24) is 5.43 Å². The van der Waals surface area contributed by atoms with Crippen molar-refractivity contribution in [1.29, 1.82) is 0 Å². The number of carbonyl (C=O) groups excluding carboxylic acids is 2. The lowest BCUT2D eigenvalue weighted by Crippen LogP contribution is -2.40. The van der Waals surface area contributed by atoms with Gasteiger partial charge in [0.05, 0.1) is 22.9 Å². The summed E-state index contributed by atoms with van der Waals surface area (Å²) in [6, 6.07) is 21.5. The van der Waals surface area contributed by atoms with Gasteiger partial charge in [0, 0.05) is 12.6 Å². The number of benzene rings is 3. The van der Waals surface area contributed by atoms with Gasteiger partial charge in [-0.25, -0.2) is 13.8 Å². The molecule has 188 valence electrons. The van der Waals surface area contributed by atoms with E-state index < -0.39 is 22.5 Å². The maximum absolute atomic E-state index is 13.5. The molecule has 0 saturated carbocycles. The number of nitrogens with zero attached hydrogens (tertiary/aromatic N) is 2. The maximum Gasteiger partial charge on any atom is 0.264 e. The molecule has 0 bridgehead atoms. The number of anilines is 2. The number of nitrogens with one attached hydrogen (secondary N) is 2. The fourth-order valence-corrected chi connectivity index (χ4v) is 4.81. The number of hydrazone groups is 1. The second kappa shape index (κ2) is 12.0. The first kappa shape index (κ1) is 26.4. The van der Waals surface area contributed by atoms with Crippen molar-refractivity contribution < 1.29 is 22.7 Å². The lowest BCUT2D eigenvalue weighted by Gasteiger charge is -2.25. The Kier molecular flexibility index (Phi) is 8.80. The number of hydrogen-bond acceptors (Lipinski definition) is 6. The van der Waals surface area contributed by atoms with Crippen molar-refractivity contribution in [3.63, 3.8) is 0 Å². The monoisotopic (exact) mass is 508 g/mol. The Hall–Kier alpha value is -4.18. The maximum atomic E-state index is 13.5. The summed E-state index contributed by atoms with van der Waals surface area (Å²) in [5, 5.41) is 6.82. The molecular formula is C26H28N4O5S. The van der Waals surface area contributed by atoms with E-state index in [0.29, 0.717) is 29.3 Å². The van der Waals surface area contributed by atoms with Crippen LogP contribution in [0.25, 0.3) is 0 Å². The van der Waals surface area contributed by atoms with Gasteiger partial charge in [-0.1, -0.05) is 42.5 Å². The summed E-state index contributed by atoms with van der Waals surface area (Å²) in [6.45, 7) is 4.69. The Bertz CT molecular complexity index is 1360. The van der Waals surface area contributed by atoms with Gasteiger partial charge in [-0.2, -0.15) is 5.10 Å². The van der Waals surface area contributed by atoms with Gasteiger partial charge in [0.2, 0.25) is 5.91 Å². The van der Waals surface area contributed by atoms with Crippen LogP contribution in [-0.4, -0.2) is 39.1 Å². The van der Waals surface area contributed by atoms with E-state index in [9.17, 15) is 18.0 Å². The summed E-state index contributed by atoms with van der Waals surface area (Å²) in [5.41, 5.74) is 4.41. The molecule has 10 heteroatoms. The molecular weight excluding hydrogens is 480 g/mol. The molecule has 2 amide bonds. The molecule has 0 aliphatic carbocycles. The third-order valence-electron chi connectivity index (χ3n) is 5.00. The molecule has 0 aromatic heterocycles. The Balaban J connectivity index is 1.88. The van der Waals surface area contributed by atoms with Crippen molar-refractivity contribution in [3.05, 3.63) is 84.4 Å². The number of sulfonamides is 1. The molecule has 0 fully saturated rings. The number of rotatable bonds is 10. The Morgan fingerprint density at radius 1 is 0.944 bits per heavy atom. The van der Waals surface area contributed by atoms with Crippen molar-refractivity contribution in [2.24, 2.45) is 5.10 Å². The molecule has 9 nitrogen and oxygen atoms in total. The number of ether oxygens (including phenoxy) is 1. The number of carbonyl (C=O) groups is 2. The fourth-order valence-electron chi connectivity index (χ4n) is 3.36. The van der Waals surface area contributed by atoms with Gasteiger partial charge in [-0.05, 0) is 55.8 Å². The largest absolute Gasteiger partial charge is 0.492 e. The Morgan fingerprint density at radius 2 is 1.64 bits per heavy atom. The molecule has 0 radical (unpaired) electrons. The summed E-state index contributed by atoms with van der Waals surface area (Å²) in [6.07, 6.45) is 0. The highest BCUT2D eigenvalue weighted by Gasteiger charge is 2.29. The molecule has 0 atom stereocenters. The minimum atomic E-state index is -4.09. The van der Waals surface area contributed by atoms with Gasteiger partial charge in [-0.15, -0.1) is 0 Å². The van der Waals surface area contributed by atoms with Crippen molar-refractivity contribution in [3.8, 4) is 5.75 Å². The molecule has 0 spiro atoms. The van der Waals surface area contributed by atoms with E-state index in [0.717, 1.165) is 4.31 Å². The standard InChI is InChI=1S/C26H28N4O5S/c1-4-35-25-16-9-8-15-24(25)30(36(33,34)23-13-6-5-7-14-23)18-26(32)29-28-19(2)21-11-10-12-22(17-21)27-20(3)31/h5-17H,4,18H2,1-3H3,(H,27,31)(H,29,32)/b28-19-. The zero-order chi connectivity index (χ0) is 26.1. The second-order valence-corrected chi connectivity index (χ2v) is 9.58. The average Bonchev–Trinajstić information content (AvgIpc) is 2.87. The number of hydrogen-bond donors (Lipinski definition) is 2. The number of amides is 2. The highest BCUT2D eigenvalue weighted by molar-refractivity contribution is 7.92. The summed E-state index contributed by atoms with van der Waals surface area (Å²) in [7, 11) is -4.09. The van der Waals surface area contributed by atoms with Crippen LogP contribution in [0.2, 0.25) is 0 Å². The molecule has 2 N–H and O–H groups in total. The van der Waals surface area contributed by atoms with Crippen LogP contribution in [0.4, 0.5) is 11.4 Å². The van der Waals surface area contributed by atoms with E-state index in [1.165, 1.54) is 19.1 Å². The first-order valence-electron chi connectivity index (χ1n) is 11.2. The van der Waals surface area contributed by atoms with Crippen LogP contribution in [0.1, 0.15) is 26.3 Å². The van der Waals surface area contributed by atoms with Gasteiger partial charge >= 0.3 is 0 Å². The molecule has 0 unspecified atom stereocenters. The van der Waals surface area contributed by atoms with Crippen LogP contribution in [-0.2, 0) is 19.6 Å². The van der Waals surface area contributed by atoms with Gasteiger partial charge in [0.25, 0.3) is 15.9 Å². The summed E-state index contributed by atoms with van der Waals surface area (Å²) in [5.74, 6) is -0.512. The quantitative estimate of drug-likeness (QED) is 0.319. The lowest BCUT2D eigenvalue weighted by molar-refractivity contribution is -0.119. The predicted molar refractivity (Wildman–Crippen MR) is 140 cm³/mol. The minimum Gasteiger partial charge on any atom is -0.492 e. The first-order chi connectivity index (χ1) is 17.2. The molecule has 0 heterocycles. The minimum absolute atomic E-state index is 0.0403. The molecule has 36 heavy (non-hydrogen) atoms. The molecule has 0 saturated heterocycles. The van der Waals surface area contributed by atoms with Crippen LogP contribution in [0.5, 0.6) is 5.75 Å². The molecule has 3 rings (SSSR count). The summed E-state index contributed by atoms with van der Waals surface area (Å²) >= 11 is 0. The van der Waals surface area contributed by atoms with Crippen LogP contribution in [0.15, 0.2) is 88.9 Å². The van der Waals surface area contributed by atoms with E-state index >= 15 is 0 Å². The van der Waals surface area contributed by atoms with Crippen molar-refractivity contribution >= 4 is 38.9 Å². The van der Waals surface area contributed by atoms with Crippen LogP contribution in [0.3, 0.4) is 0 Å². The normalized spacial score (nSPS) is 11.5. The third kappa shape index (κ3) is 6.70. The van der Waals surface area contributed by atoms with Crippen LogP contribution < -0.4 is 19.8 Å².